The summed E-state index contributed by atoms with van der Waals surface area (Å²) >= 11 is 0. The molecule has 0 amide bonds. The summed E-state index contributed by atoms with van der Waals surface area (Å²) < 4.78 is 0. The van der Waals surface area contributed by atoms with Gasteiger partial charge in [0.2, 0.25) is 0 Å². The Kier molecular flexibility index (Phi) is 4.33. The van der Waals surface area contributed by atoms with Crippen molar-refractivity contribution in [2.75, 3.05) is 0 Å². The van der Waals surface area contributed by atoms with Crippen molar-refractivity contribution in [2.24, 2.45) is 16.7 Å². The van der Waals surface area contributed by atoms with Crippen molar-refractivity contribution in [3.63, 3.8) is 0 Å². The molecule has 0 aromatic heterocycles. The molecular formula is C22H28O. The van der Waals surface area contributed by atoms with Crippen molar-refractivity contribution >= 4 is 0 Å². The molecule has 122 valence electrons. The molecule has 2 aliphatic rings. The molecule has 1 N–H and O–H groups in total. The number of aliphatic hydroxyl groups excluding tert-OH is 1. The lowest BCUT2D eigenvalue weighted by molar-refractivity contribution is 0.0126. The average Bonchev–Trinajstić information content (AvgIpc) is 2.90. The summed E-state index contributed by atoms with van der Waals surface area (Å²) in [6.45, 7) is 6.90. The maximum absolute atomic E-state index is 9.81. The molecule has 0 radical (unpaired) electrons. The van der Waals surface area contributed by atoms with Crippen LogP contribution in [0.25, 0.3) is 11.1 Å². The molecule has 2 aromatic rings. The molecule has 2 aliphatic carbocycles. The van der Waals surface area contributed by atoms with E-state index in [1.807, 2.05) is 12.1 Å². The molecule has 2 fully saturated rings. The fourth-order valence-electron chi connectivity index (χ4n) is 4.42. The molecule has 2 aromatic carbocycles. The Balaban J connectivity index is 0.000000136. The lowest BCUT2D eigenvalue weighted by atomic mass is 9.70. The maximum atomic E-state index is 9.81. The van der Waals surface area contributed by atoms with Gasteiger partial charge in [0, 0.05) is 0 Å². The van der Waals surface area contributed by atoms with Crippen molar-refractivity contribution in [1.29, 1.82) is 0 Å². The molecule has 2 bridgehead atoms. The lowest BCUT2D eigenvalue weighted by Gasteiger charge is -2.36. The number of benzene rings is 2. The first kappa shape index (κ1) is 16.3. The summed E-state index contributed by atoms with van der Waals surface area (Å²) in [6, 6.07) is 20.8. The standard InChI is InChI=1S/C12H10.C10H18O/c1-3-7-11(8-4-1)12-9-5-2-6-10-12;1-9(2)7-4-5-10(9,3)8(11)6-7/h1-10H;7-8,11H,4-6H2,1-3H3. The topological polar surface area (TPSA) is 20.2 Å². The van der Waals surface area contributed by atoms with E-state index in [1.54, 1.807) is 0 Å². The third-order valence-corrected chi connectivity index (χ3v) is 6.63. The second-order valence-corrected chi connectivity index (χ2v) is 7.86. The Labute approximate surface area is 140 Å². The van der Waals surface area contributed by atoms with Gasteiger partial charge in [0.05, 0.1) is 6.10 Å². The number of fused-ring (bicyclic) bond motifs is 2. The minimum absolute atomic E-state index is 0.0313. The van der Waals surface area contributed by atoms with Crippen molar-refractivity contribution in [1.82, 2.24) is 0 Å². The quantitative estimate of drug-likeness (QED) is 0.732. The van der Waals surface area contributed by atoms with Gasteiger partial charge in [-0.15, -0.1) is 0 Å². The highest BCUT2D eigenvalue weighted by molar-refractivity contribution is 5.62. The van der Waals surface area contributed by atoms with Gasteiger partial charge in [0.15, 0.2) is 0 Å². The highest BCUT2D eigenvalue weighted by Crippen LogP contribution is 2.65. The van der Waals surface area contributed by atoms with E-state index in [4.69, 9.17) is 0 Å². The summed E-state index contributed by atoms with van der Waals surface area (Å²) in [7, 11) is 0. The summed E-state index contributed by atoms with van der Waals surface area (Å²) in [6.07, 6.45) is 3.58. The molecule has 4 rings (SSSR count). The van der Waals surface area contributed by atoms with Gasteiger partial charge >= 0.3 is 0 Å². The van der Waals surface area contributed by atoms with Crippen LogP contribution in [0.5, 0.6) is 0 Å². The van der Waals surface area contributed by atoms with Gasteiger partial charge in [-0.2, -0.15) is 0 Å². The van der Waals surface area contributed by atoms with Gasteiger partial charge in [-0.05, 0) is 47.1 Å². The van der Waals surface area contributed by atoms with Crippen LogP contribution in [0.2, 0.25) is 0 Å². The Morgan fingerprint density at radius 2 is 1.30 bits per heavy atom. The first-order chi connectivity index (χ1) is 10.9. The summed E-state index contributed by atoms with van der Waals surface area (Å²) in [5.41, 5.74) is 3.15. The predicted molar refractivity (Wildman–Crippen MR) is 97.1 cm³/mol. The van der Waals surface area contributed by atoms with Crippen LogP contribution in [0.15, 0.2) is 60.7 Å². The number of hydrogen-bond acceptors (Lipinski definition) is 1. The van der Waals surface area contributed by atoms with E-state index >= 15 is 0 Å². The monoisotopic (exact) mass is 308 g/mol. The third-order valence-electron chi connectivity index (χ3n) is 6.63. The van der Waals surface area contributed by atoms with Gasteiger partial charge in [-0.1, -0.05) is 81.4 Å². The van der Waals surface area contributed by atoms with Gasteiger partial charge in [-0.25, -0.2) is 0 Å². The molecular weight excluding hydrogens is 280 g/mol. The normalized spacial score (nSPS) is 30.6. The van der Waals surface area contributed by atoms with Gasteiger partial charge in [0.25, 0.3) is 0 Å². The summed E-state index contributed by atoms with van der Waals surface area (Å²) in [5.74, 6) is 0.780. The number of aliphatic hydroxyl groups is 1. The van der Waals surface area contributed by atoms with Crippen molar-refractivity contribution < 1.29 is 5.11 Å². The predicted octanol–water partition coefficient (Wildman–Crippen LogP) is 5.55. The van der Waals surface area contributed by atoms with Crippen LogP contribution in [0.3, 0.4) is 0 Å². The van der Waals surface area contributed by atoms with E-state index in [9.17, 15) is 5.11 Å². The second kappa shape index (κ2) is 6.13. The highest BCUT2D eigenvalue weighted by atomic mass is 16.3. The third kappa shape index (κ3) is 2.83. The van der Waals surface area contributed by atoms with Gasteiger partial charge < -0.3 is 5.11 Å². The lowest BCUT2D eigenvalue weighted by Crippen LogP contribution is -2.35. The van der Waals surface area contributed by atoms with E-state index in [2.05, 4.69) is 69.3 Å². The second-order valence-electron chi connectivity index (χ2n) is 7.86. The summed E-state index contributed by atoms with van der Waals surface area (Å²) in [5, 5.41) is 9.81. The van der Waals surface area contributed by atoms with Crippen molar-refractivity contribution in [3.05, 3.63) is 60.7 Å². The minimum atomic E-state index is -0.0313. The van der Waals surface area contributed by atoms with Crippen LogP contribution >= 0.6 is 0 Å². The molecule has 3 unspecified atom stereocenters. The Hall–Kier alpha value is -1.60. The Bertz CT molecular complexity index is 594. The fourth-order valence-corrected chi connectivity index (χ4v) is 4.42. The Morgan fingerprint density at radius 3 is 1.57 bits per heavy atom. The highest BCUT2D eigenvalue weighted by Gasteiger charge is 2.60. The smallest absolute Gasteiger partial charge is 0.0601 e. The zero-order valence-corrected chi connectivity index (χ0v) is 14.5. The van der Waals surface area contributed by atoms with E-state index in [1.165, 1.54) is 24.0 Å². The fraction of sp³-hybridized carbons (Fsp3) is 0.455. The molecule has 0 aliphatic heterocycles. The minimum Gasteiger partial charge on any atom is -0.393 e. The van der Waals surface area contributed by atoms with Crippen LogP contribution in [0.4, 0.5) is 0 Å². The maximum Gasteiger partial charge on any atom is 0.0601 e. The summed E-state index contributed by atoms with van der Waals surface area (Å²) in [4.78, 5) is 0. The van der Waals surface area contributed by atoms with Crippen molar-refractivity contribution in [3.8, 4) is 11.1 Å². The molecule has 1 heteroatoms. The molecule has 0 spiro atoms. The van der Waals surface area contributed by atoms with Crippen LogP contribution in [-0.2, 0) is 0 Å². The Morgan fingerprint density at radius 1 is 0.826 bits per heavy atom. The zero-order chi connectivity index (χ0) is 16.5. The molecule has 23 heavy (non-hydrogen) atoms. The average molecular weight is 308 g/mol. The first-order valence-electron chi connectivity index (χ1n) is 8.74. The molecule has 1 nitrogen and oxygen atoms in total. The van der Waals surface area contributed by atoms with Crippen LogP contribution in [0, 0.1) is 16.7 Å². The van der Waals surface area contributed by atoms with E-state index in [0.717, 1.165) is 12.3 Å². The van der Waals surface area contributed by atoms with E-state index in [-0.39, 0.29) is 11.5 Å². The van der Waals surface area contributed by atoms with Crippen molar-refractivity contribution in [2.45, 2.75) is 46.1 Å². The molecule has 0 heterocycles. The van der Waals surface area contributed by atoms with E-state index in [0.29, 0.717) is 5.41 Å². The van der Waals surface area contributed by atoms with E-state index < -0.39 is 0 Å². The number of hydrogen-bond donors (Lipinski definition) is 1. The van der Waals surface area contributed by atoms with Crippen LogP contribution in [-0.4, -0.2) is 11.2 Å². The first-order valence-corrected chi connectivity index (χ1v) is 8.74. The molecule has 3 atom stereocenters. The van der Waals surface area contributed by atoms with Gasteiger partial charge in [0.1, 0.15) is 0 Å². The molecule has 0 saturated heterocycles. The number of rotatable bonds is 1. The molecule has 2 saturated carbocycles. The largest absolute Gasteiger partial charge is 0.393 e. The SMILES string of the molecule is CC1(C)C2CCC1(C)C(O)C2.c1ccc(-c2ccccc2)cc1. The van der Waals surface area contributed by atoms with Crippen LogP contribution < -0.4 is 0 Å². The van der Waals surface area contributed by atoms with Crippen LogP contribution in [0.1, 0.15) is 40.0 Å². The zero-order valence-electron chi connectivity index (χ0n) is 14.5. The van der Waals surface area contributed by atoms with Gasteiger partial charge in [-0.3, -0.25) is 0 Å².